The maximum absolute atomic E-state index is 5.85. The minimum absolute atomic E-state index is 0.208. The van der Waals surface area contributed by atoms with Gasteiger partial charge in [-0.15, -0.1) is 0 Å². The van der Waals surface area contributed by atoms with Crippen LogP contribution < -0.4 is 9.47 Å². The number of rotatable bonds is 4. The van der Waals surface area contributed by atoms with Gasteiger partial charge in [0.2, 0.25) is 0 Å². The van der Waals surface area contributed by atoms with Crippen LogP contribution in [-0.4, -0.2) is 28.6 Å². The van der Waals surface area contributed by atoms with E-state index in [0.29, 0.717) is 6.61 Å². The van der Waals surface area contributed by atoms with Crippen LogP contribution in [-0.2, 0) is 6.42 Å². The molecular formula is C19H19N3O2. The van der Waals surface area contributed by atoms with Gasteiger partial charge >= 0.3 is 0 Å². The van der Waals surface area contributed by atoms with Crippen LogP contribution in [0.15, 0.2) is 47.8 Å². The molecule has 0 N–H and O–H groups in total. The van der Waals surface area contributed by atoms with Crippen LogP contribution in [0.1, 0.15) is 25.0 Å². The van der Waals surface area contributed by atoms with Gasteiger partial charge in [0.25, 0.3) is 0 Å². The molecule has 122 valence electrons. The summed E-state index contributed by atoms with van der Waals surface area (Å²) in [5.41, 5.74) is 3.99. The van der Waals surface area contributed by atoms with Crippen LogP contribution in [0.4, 0.5) is 0 Å². The van der Waals surface area contributed by atoms with Crippen LogP contribution in [0.5, 0.6) is 11.5 Å². The zero-order valence-electron chi connectivity index (χ0n) is 13.8. The molecule has 2 aromatic carbocycles. The Morgan fingerprint density at radius 1 is 1.38 bits per heavy atom. The third-order valence-corrected chi connectivity index (χ3v) is 4.08. The van der Waals surface area contributed by atoms with E-state index in [2.05, 4.69) is 23.1 Å². The molecule has 1 aliphatic rings. The highest BCUT2D eigenvalue weighted by Crippen LogP contribution is 2.34. The monoisotopic (exact) mass is 321 g/mol. The number of benzene rings is 2. The van der Waals surface area contributed by atoms with E-state index < -0.39 is 0 Å². The largest absolute Gasteiger partial charge is 0.493 e. The molecule has 4 rings (SSSR count). The van der Waals surface area contributed by atoms with E-state index in [-0.39, 0.29) is 6.10 Å². The van der Waals surface area contributed by atoms with Gasteiger partial charge in [-0.25, -0.2) is 9.66 Å². The second-order valence-corrected chi connectivity index (χ2v) is 5.89. The second-order valence-electron chi connectivity index (χ2n) is 5.89. The lowest BCUT2D eigenvalue weighted by atomic mass is 10.1. The van der Waals surface area contributed by atoms with Gasteiger partial charge in [-0.2, -0.15) is 5.10 Å². The van der Waals surface area contributed by atoms with Crippen molar-refractivity contribution in [2.75, 3.05) is 6.61 Å². The lowest BCUT2D eigenvalue weighted by Gasteiger charge is -2.09. The Hall–Kier alpha value is -2.82. The Balaban J connectivity index is 1.72. The summed E-state index contributed by atoms with van der Waals surface area (Å²) in [5, 5.41) is 4.55. The summed E-state index contributed by atoms with van der Waals surface area (Å²) in [7, 11) is 0. The number of hydrogen-bond donors (Lipinski definition) is 0. The van der Waals surface area contributed by atoms with Crippen molar-refractivity contribution in [2.45, 2.75) is 26.4 Å². The number of aromatic nitrogens is 2. The summed E-state index contributed by atoms with van der Waals surface area (Å²) in [6.45, 7) is 4.67. The fraction of sp³-hybridized carbons (Fsp3) is 0.263. The van der Waals surface area contributed by atoms with Crippen LogP contribution >= 0.6 is 0 Å². The molecule has 0 fully saturated rings. The standard InChI is InChI=1S/C19H19N3O2/c1-3-23-18-9-14-8-13(2)24-19(14)10-15(18)11-21-22-12-20-16-6-4-5-7-17(16)22/h4-7,9-13H,3,8H2,1-2H3/b21-11-/t13-/m0/s1. The predicted molar refractivity (Wildman–Crippen MR) is 94.1 cm³/mol. The van der Waals surface area contributed by atoms with Gasteiger partial charge in [-0.05, 0) is 38.1 Å². The maximum atomic E-state index is 5.85. The molecule has 1 atom stereocenters. The molecule has 1 aliphatic heterocycles. The minimum atomic E-state index is 0.208. The van der Waals surface area contributed by atoms with E-state index in [1.165, 1.54) is 5.56 Å². The second kappa shape index (κ2) is 6.00. The van der Waals surface area contributed by atoms with Crippen molar-refractivity contribution in [1.82, 2.24) is 9.66 Å². The molecule has 3 aromatic rings. The molecule has 5 nitrogen and oxygen atoms in total. The van der Waals surface area contributed by atoms with Gasteiger partial charge in [0, 0.05) is 17.5 Å². The van der Waals surface area contributed by atoms with Gasteiger partial charge in [0.15, 0.2) is 0 Å². The van der Waals surface area contributed by atoms with Crippen LogP contribution in [0.3, 0.4) is 0 Å². The summed E-state index contributed by atoms with van der Waals surface area (Å²) in [4.78, 5) is 4.35. The number of nitrogens with zero attached hydrogens (tertiary/aromatic N) is 3. The molecule has 5 heteroatoms. The Morgan fingerprint density at radius 3 is 3.12 bits per heavy atom. The van der Waals surface area contributed by atoms with Crippen LogP contribution in [0.25, 0.3) is 11.0 Å². The Kier molecular flexibility index (Phi) is 3.69. The first-order valence-corrected chi connectivity index (χ1v) is 8.17. The summed E-state index contributed by atoms with van der Waals surface area (Å²) in [6.07, 6.45) is 4.64. The Bertz CT molecular complexity index is 914. The number of imidazole rings is 1. The van der Waals surface area contributed by atoms with E-state index in [1.807, 2.05) is 37.3 Å². The Morgan fingerprint density at radius 2 is 2.25 bits per heavy atom. The third-order valence-electron chi connectivity index (χ3n) is 4.08. The molecule has 0 amide bonds. The fourth-order valence-electron chi connectivity index (χ4n) is 3.00. The molecule has 0 saturated carbocycles. The van der Waals surface area contributed by atoms with Crippen molar-refractivity contribution in [3.63, 3.8) is 0 Å². The van der Waals surface area contributed by atoms with Crippen molar-refractivity contribution in [3.05, 3.63) is 53.9 Å². The zero-order chi connectivity index (χ0) is 16.5. The molecule has 0 saturated heterocycles. The smallest absolute Gasteiger partial charge is 0.128 e. The minimum Gasteiger partial charge on any atom is -0.493 e. The molecule has 0 aliphatic carbocycles. The number of para-hydroxylation sites is 2. The first kappa shape index (κ1) is 14.8. The van der Waals surface area contributed by atoms with E-state index in [1.54, 1.807) is 17.2 Å². The molecule has 24 heavy (non-hydrogen) atoms. The SMILES string of the molecule is CCOc1cc2c(cc1/C=N\n1cnc3ccccc31)O[C@@H](C)C2. The Labute approximate surface area is 140 Å². The van der Waals surface area contributed by atoms with E-state index in [9.17, 15) is 0 Å². The lowest BCUT2D eigenvalue weighted by molar-refractivity contribution is 0.254. The van der Waals surface area contributed by atoms with Gasteiger partial charge < -0.3 is 9.47 Å². The van der Waals surface area contributed by atoms with Crippen molar-refractivity contribution in [3.8, 4) is 11.5 Å². The quantitative estimate of drug-likeness (QED) is 0.689. The van der Waals surface area contributed by atoms with Crippen molar-refractivity contribution < 1.29 is 9.47 Å². The fourth-order valence-corrected chi connectivity index (χ4v) is 3.00. The lowest BCUT2D eigenvalue weighted by Crippen LogP contribution is -2.05. The summed E-state index contributed by atoms with van der Waals surface area (Å²) >= 11 is 0. The van der Waals surface area contributed by atoms with Crippen molar-refractivity contribution in [2.24, 2.45) is 5.10 Å². The first-order valence-electron chi connectivity index (χ1n) is 8.17. The van der Waals surface area contributed by atoms with Crippen LogP contribution in [0, 0.1) is 0 Å². The van der Waals surface area contributed by atoms with E-state index >= 15 is 0 Å². The highest BCUT2D eigenvalue weighted by molar-refractivity contribution is 5.85. The van der Waals surface area contributed by atoms with Crippen molar-refractivity contribution >= 4 is 17.2 Å². The molecule has 0 bridgehead atoms. The van der Waals surface area contributed by atoms with E-state index in [0.717, 1.165) is 34.5 Å². The molecule has 1 aromatic heterocycles. The zero-order valence-corrected chi connectivity index (χ0v) is 13.8. The van der Waals surface area contributed by atoms with Gasteiger partial charge in [0.05, 0.1) is 23.9 Å². The molecule has 0 unspecified atom stereocenters. The topological polar surface area (TPSA) is 48.6 Å². The first-order chi connectivity index (χ1) is 11.7. The highest BCUT2D eigenvalue weighted by Gasteiger charge is 2.21. The van der Waals surface area contributed by atoms with Gasteiger partial charge in [0.1, 0.15) is 23.9 Å². The average Bonchev–Trinajstić information content (AvgIpc) is 3.15. The summed E-state index contributed by atoms with van der Waals surface area (Å²) in [6, 6.07) is 12.0. The molecule has 2 heterocycles. The summed E-state index contributed by atoms with van der Waals surface area (Å²) < 4.78 is 13.4. The predicted octanol–water partition coefficient (Wildman–Crippen LogP) is 3.64. The van der Waals surface area contributed by atoms with Gasteiger partial charge in [-0.1, -0.05) is 12.1 Å². The molecule has 0 spiro atoms. The van der Waals surface area contributed by atoms with E-state index in [4.69, 9.17) is 9.47 Å². The van der Waals surface area contributed by atoms with Crippen molar-refractivity contribution in [1.29, 1.82) is 0 Å². The number of fused-ring (bicyclic) bond motifs is 2. The normalized spacial score (nSPS) is 16.5. The van der Waals surface area contributed by atoms with Gasteiger partial charge in [-0.3, -0.25) is 0 Å². The average molecular weight is 321 g/mol. The third kappa shape index (κ3) is 2.62. The molecular weight excluding hydrogens is 302 g/mol. The number of ether oxygens (including phenoxy) is 2. The number of hydrogen-bond acceptors (Lipinski definition) is 4. The molecule has 0 radical (unpaired) electrons. The highest BCUT2D eigenvalue weighted by atomic mass is 16.5. The van der Waals surface area contributed by atoms with Crippen LogP contribution in [0.2, 0.25) is 0 Å². The maximum Gasteiger partial charge on any atom is 0.128 e. The summed E-state index contributed by atoms with van der Waals surface area (Å²) in [5.74, 6) is 1.75.